The quantitative estimate of drug-likeness (QED) is 0.120. The lowest BCUT2D eigenvalue weighted by atomic mass is 9.97. The highest BCUT2D eigenvalue weighted by atomic mass is 32.5. The summed E-state index contributed by atoms with van der Waals surface area (Å²) < 4.78 is 85.8. The molecule has 0 bridgehead atoms. The number of nitrogens with zero attached hydrogens (tertiary/aromatic N) is 8. The van der Waals surface area contributed by atoms with Crippen LogP contribution in [0.5, 0.6) is 0 Å². The zero-order chi connectivity index (χ0) is 44.1. The Hall–Kier alpha value is -3.94. The Balaban J connectivity index is 1.13. The van der Waals surface area contributed by atoms with Crippen molar-refractivity contribution in [2.24, 2.45) is 10.8 Å². The summed E-state index contributed by atoms with van der Waals surface area (Å²) in [5, 5.41) is 0. The SMILES string of the molecule is CC(C)(C)C(=O)OCn1cnc2c(ncn2[C@@H]2O[C@H](COP(O)(O)=S)[C@@H](OP(=O)(O)OC[C@H]3O[C@@H](n4cnc5c(=O)n(COC(=O)C(C)(C)C)cnc54)C[C@H]3F)[C@H]2F)c1=O. The Morgan fingerprint density at radius 1 is 0.800 bits per heavy atom. The fourth-order valence-corrected chi connectivity index (χ4v) is 7.35. The average Bonchev–Trinajstić information content (AvgIpc) is 3.93. The van der Waals surface area contributed by atoms with Crippen LogP contribution in [0.2, 0.25) is 0 Å². The van der Waals surface area contributed by atoms with Crippen molar-refractivity contribution in [2.75, 3.05) is 13.2 Å². The third-order valence-corrected chi connectivity index (χ3v) is 10.9. The van der Waals surface area contributed by atoms with Gasteiger partial charge < -0.3 is 38.2 Å². The van der Waals surface area contributed by atoms with Crippen LogP contribution in [-0.2, 0) is 71.9 Å². The van der Waals surface area contributed by atoms with E-state index in [1.807, 2.05) is 0 Å². The third-order valence-electron chi connectivity index (χ3n) is 9.07. The van der Waals surface area contributed by atoms with E-state index in [9.17, 15) is 38.4 Å². The Bertz CT molecular complexity index is 2480. The van der Waals surface area contributed by atoms with Crippen molar-refractivity contribution >= 4 is 60.6 Å². The molecule has 3 N–H and O–H groups in total. The van der Waals surface area contributed by atoms with E-state index in [0.717, 1.165) is 32.7 Å². The van der Waals surface area contributed by atoms with Crippen molar-refractivity contribution < 1.29 is 70.1 Å². The van der Waals surface area contributed by atoms with Gasteiger partial charge in [0.25, 0.3) is 11.1 Å². The molecule has 28 heteroatoms. The van der Waals surface area contributed by atoms with Gasteiger partial charge in [0.2, 0.25) is 0 Å². The van der Waals surface area contributed by atoms with Gasteiger partial charge in [0.15, 0.2) is 48.2 Å². The summed E-state index contributed by atoms with van der Waals surface area (Å²) in [5.74, 6) is -1.15. The van der Waals surface area contributed by atoms with Gasteiger partial charge in [-0.15, -0.1) is 0 Å². The van der Waals surface area contributed by atoms with Gasteiger partial charge in [-0.25, -0.2) is 33.3 Å². The van der Waals surface area contributed by atoms with Crippen LogP contribution in [0.4, 0.5) is 8.78 Å². The highest BCUT2D eigenvalue weighted by Gasteiger charge is 2.51. The number of rotatable bonds is 14. The van der Waals surface area contributed by atoms with Crippen LogP contribution in [-0.4, -0.2) is 109 Å². The number of phosphoric ester groups is 1. The smallest absolute Gasteiger partial charge is 0.443 e. The monoisotopic (exact) mass is 910 g/mol. The Kier molecular flexibility index (Phi) is 13.0. The molecule has 4 aromatic rings. The minimum absolute atomic E-state index is 0.0100. The van der Waals surface area contributed by atoms with Crippen LogP contribution in [0, 0.1) is 10.8 Å². The molecule has 1 unspecified atom stereocenters. The van der Waals surface area contributed by atoms with E-state index in [1.54, 1.807) is 41.5 Å². The summed E-state index contributed by atoms with van der Waals surface area (Å²) in [6, 6.07) is 0. The van der Waals surface area contributed by atoms with Gasteiger partial charge in [-0.1, -0.05) is 0 Å². The highest BCUT2D eigenvalue weighted by Crippen LogP contribution is 2.51. The molecule has 8 atom stereocenters. The molecule has 0 aliphatic carbocycles. The van der Waals surface area contributed by atoms with E-state index in [1.165, 1.54) is 10.9 Å². The first-order chi connectivity index (χ1) is 27.8. The molecular weight excluding hydrogens is 868 g/mol. The largest absolute Gasteiger partial charge is 0.472 e. The van der Waals surface area contributed by atoms with Gasteiger partial charge in [0.05, 0.1) is 36.7 Å². The van der Waals surface area contributed by atoms with Crippen LogP contribution in [0.1, 0.15) is 60.4 Å². The number of aromatic nitrogens is 8. The molecule has 0 saturated carbocycles. The molecule has 60 heavy (non-hydrogen) atoms. The Morgan fingerprint density at radius 2 is 1.30 bits per heavy atom. The van der Waals surface area contributed by atoms with E-state index < -0.39 is 118 Å². The molecule has 0 spiro atoms. The highest BCUT2D eigenvalue weighted by molar-refractivity contribution is 8.06. The molecule has 6 heterocycles. The minimum Gasteiger partial charge on any atom is -0.443 e. The fourth-order valence-electron chi connectivity index (χ4n) is 5.87. The molecule has 0 aromatic carbocycles. The summed E-state index contributed by atoms with van der Waals surface area (Å²) in [5.41, 5.74) is -3.73. The average molecular weight is 911 g/mol. The molecular formula is C32H42F2N8O15P2S. The molecule has 0 amide bonds. The normalized spacial score (nSPS) is 24.9. The second-order valence-corrected chi connectivity index (χ2v) is 19.9. The van der Waals surface area contributed by atoms with Crippen molar-refractivity contribution in [1.29, 1.82) is 0 Å². The second-order valence-electron chi connectivity index (χ2n) is 15.8. The number of fused-ring (bicyclic) bond motifs is 2. The Morgan fingerprint density at radius 3 is 1.82 bits per heavy atom. The number of hydrogen-bond acceptors (Lipinski definition) is 17. The summed E-state index contributed by atoms with van der Waals surface area (Å²) in [6.45, 7) is 2.73. The van der Waals surface area contributed by atoms with Gasteiger partial charge in [-0.05, 0) is 53.3 Å². The number of carbonyl (C=O) groups is 2. The number of halogens is 2. The van der Waals surface area contributed by atoms with Gasteiger partial charge in [0.1, 0.15) is 43.4 Å². The third kappa shape index (κ3) is 10.1. The topological polar surface area (TPSA) is 282 Å². The van der Waals surface area contributed by atoms with E-state index in [0.29, 0.717) is 0 Å². The lowest BCUT2D eigenvalue weighted by molar-refractivity contribution is -0.157. The van der Waals surface area contributed by atoms with Crippen molar-refractivity contribution in [1.82, 2.24) is 38.2 Å². The first kappa shape index (κ1) is 45.6. The van der Waals surface area contributed by atoms with Crippen LogP contribution in [0.25, 0.3) is 22.3 Å². The number of carbonyl (C=O) groups excluding carboxylic acids is 2. The number of phosphoric acid groups is 1. The first-order valence-corrected chi connectivity index (χ1v) is 22.1. The summed E-state index contributed by atoms with van der Waals surface area (Å²) >= 11 is 4.47. The van der Waals surface area contributed by atoms with Gasteiger partial charge in [-0.3, -0.25) is 46.5 Å². The van der Waals surface area contributed by atoms with Crippen molar-refractivity contribution in [3.05, 3.63) is 46.0 Å². The van der Waals surface area contributed by atoms with Crippen LogP contribution in [0.3, 0.4) is 0 Å². The lowest BCUT2D eigenvalue weighted by Crippen LogP contribution is -2.34. The number of esters is 2. The molecule has 330 valence electrons. The number of hydrogen-bond donors (Lipinski definition) is 3. The maximum atomic E-state index is 16.3. The first-order valence-electron chi connectivity index (χ1n) is 18.0. The van der Waals surface area contributed by atoms with Crippen LogP contribution in [0.15, 0.2) is 34.9 Å². The zero-order valence-corrected chi connectivity index (χ0v) is 35.4. The van der Waals surface area contributed by atoms with Crippen molar-refractivity contribution in [2.45, 2.75) is 105 Å². The standard InChI is InChI=1S/C32H42F2N8O15P2S/c1-31(2,3)29(45)51-14-39-10-37-24-21(26(39)43)35-12-41(24)19-7-16(33)17(55-19)8-53-58(47,48)57-23-18(9-54-59(49,50)60)56-28(20(23)34)42-13-36-22-25(42)38-11-40(27(22)44)15-52-30(46)32(4,5)6/h10-13,16-20,23,28H,7-9,14-15H2,1-6H3,(H,47,48)(H2,49,50,60)/t16-,17-,18-,19-,20-,23-,28-/m1/s1. The van der Waals surface area contributed by atoms with Gasteiger partial charge in [0, 0.05) is 6.42 Å². The summed E-state index contributed by atoms with van der Waals surface area (Å²) in [4.78, 5) is 96.9. The fraction of sp³-hybridized carbons (Fsp3) is 0.625. The maximum absolute atomic E-state index is 16.3. The molecule has 2 aliphatic rings. The molecule has 0 radical (unpaired) electrons. The van der Waals surface area contributed by atoms with Crippen molar-refractivity contribution in [3.63, 3.8) is 0 Å². The number of alkyl halides is 2. The van der Waals surface area contributed by atoms with Crippen LogP contribution >= 0.6 is 14.5 Å². The van der Waals surface area contributed by atoms with E-state index >= 15 is 8.78 Å². The van der Waals surface area contributed by atoms with E-state index in [4.69, 9.17) is 32.5 Å². The molecule has 4 aromatic heterocycles. The molecule has 6 rings (SSSR count). The summed E-state index contributed by atoms with van der Waals surface area (Å²) in [7, 11) is -5.32. The van der Waals surface area contributed by atoms with Gasteiger partial charge >= 0.3 is 26.5 Å². The molecule has 23 nitrogen and oxygen atoms in total. The van der Waals surface area contributed by atoms with Crippen LogP contribution < -0.4 is 11.1 Å². The Labute approximate surface area is 343 Å². The van der Waals surface area contributed by atoms with E-state index in [-0.39, 0.29) is 28.7 Å². The number of ether oxygens (including phenoxy) is 4. The molecule has 2 saturated heterocycles. The second kappa shape index (κ2) is 17.1. The maximum Gasteiger partial charge on any atom is 0.472 e. The lowest BCUT2D eigenvalue weighted by Gasteiger charge is -2.23. The minimum atomic E-state index is -5.32. The number of imidazole rings is 2. The van der Waals surface area contributed by atoms with Gasteiger partial charge in [-0.2, -0.15) is 0 Å². The van der Waals surface area contributed by atoms with Crippen molar-refractivity contribution in [3.8, 4) is 0 Å². The zero-order valence-electron chi connectivity index (χ0n) is 32.8. The molecule has 2 fully saturated rings. The predicted octanol–water partition coefficient (Wildman–Crippen LogP) is 1.88. The van der Waals surface area contributed by atoms with E-state index in [2.05, 4.69) is 31.7 Å². The molecule has 2 aliphatic heterocycles. The predicted molar refractivity (Wildman–Crippen MR) is 202 cm³/mol. The summed E-state index contributed by atoms with van der Waals surface area (Å²) in [6.07, 6.45) is -8.25.